The van der Waals surface area contributed by atoms with Crippen LogP contribution in [0.5, 0.6) is 0 Å². The number of thiophene rings is 1. The molecule has 0 saturated carbocycles. The molecular weight excluding hydrogens is 686 g/mol. The minimum Gasteiger partial charge on any atom is -0.367 e. The first kappa shape index (κ1) is 36.5. The Hall–Kier alpha value is -3.29. The van der Waals surface area contributed by atoms with Crippen LogP contribution in [-0.2, 0) is 36.0 Å². The fourth-order valence-corrected chi connectivity index (χ4v) is 9.40. The van der Waals surface area contributed by atoms with Crippen molar-refractivity contribution in [1.82, 2.24) is 28.6 Å². The van der Waals surface area contributed by atoms with Crippen molar-refractivity contribution >= 4 is 48.3 Å². The molecule has 1 atom stereocenters. The number of rotatable bonds is 10. The summed E-state index contributed by atoms with van der Waals surface area (Å²) in [5, 5.41) is 15.4. The van der Waals surface area contributed by atoms with Gasteiger partial charge in [0.05, 0.1) is 18.1 Å². The van der Waals surface area contributed by atoms with Crippen LogP contribution in [0.4, 0.5) is 19.0 Å². The van der Waals surface area contributed by atoms with Gasteiger partial charge in [-0.25, -0.2) is 18.4 Å². The molecule has 10 nitrogen and oxygen atoms in total. The van der Waals surface area contributed by atoms with E-state index >= 15 is 0 Å². The Labute approximate surface area is 295 Å². The molecule has 0 unspecified atom stereocenters. The van der Waals surface area contributed by atoms with E-state index in [0.717, 1.165) is 60.3 Å². The second-order valence-electron chi connectivity index (χ2n) is 13.7. The lowest BCUT2D eigenvalue weighted by atomic mass is 10.0. The van der Waals surface area contributed by atoms with Crippen molar-refractivity contribution in [3.8, 4) is 6.07 Å². The van der Waals surface area contributed by atoms with Crippen LogP contribution in [-0.4, -0.2) is 101 Å². The molecule has 1 N–H and O–H groups in total. The Kier molecular flexibility index (Phi) is 10.5. The predicted octanol–water partition coefficient (Wildman–Crippen LogP) is 5.84. The molecule has 1 aromatic carbocycles. The van der Waals surface area contributed by atoms with Gasteiger partial charge >= 0.3 is 6.18 Å². The number of fused-ring (bicyclic) bond motifs is 2. The molecule has 50 heavy (non-hydrogen) atoms. The van der Waals surface area contributed by atoms with Crippen LogP contribution < -0.4 is 5.32 Å². The van der Waals surface area contributed by atoms with Crippen LogP contribution in [0, 0.1) is 25.2 Å². The Bertz CT molecular complexity index is 2020. The van der Waals surface area contributed by atoms with Crippen molar-refractivity contribution in [3.05, 3.63) is 51.3 Å². The van der Waals surface area contributed by atoms with E-state index in [9.17, 15) is 26.9 Å². The molecule has 3 aromatic heterocycles. The quantitative estimate of drug-likeness (QED) is 0.217. The van der Waals surface area contributed by atoms with Gasteiger partial charge in [-0.2, -0.15) is 22.7 Å². The summed E-state index contributed by atoms with van der Waals surface area (Å²) in [5.74, 6) is 1.26. The molecule has 0 amide bonds. The Morgan fingerprint density at radius 3 is 2.40 bits per heavy atom. The van der Waals surface area contributed by atoms with E-state index in [2.05, 4.69) is 56.7 Å². The second-order valence-corrected chi connectivity index (χ2v) is 16.8. The number of piperazine rings is 1. The number of anilines is 1. The van der Waals surface area contributed by atoms with E-state index in [1.165, 1.54) is 16.1 Å². The Morgan fingerprint density at radius 1 is 1.08 bits per heavy atom. The van der Waals surface area contributed by atoms with E-state index in [-0.39, 0.29) is 17.0 Å². The van der Waals surface area contributed by atoms with Gasteiger partial charge in [-0.05, 0) is 62.4 Å². The van der Waals surface area contributed by atoms with Gasteiger partial charge in [0.2, 0.25) is 10.0 Å². The summed E-state index contributed by atoms with van der Waals surface area (Å²) >= 11 is 1.11. The average Bonchev–Trinajstić information content (AvgIpc) is 3.58. The second kappa shape index (κ2) is 14.4. The Morgan fingerprint density at radius 2 is 1.78 bits per heavy atom. The first-order valence-electron chi connectivity index (χ1n) is 17.2. The first-order valence-corrected chi connectivity index (χ1v) is 19.9. The van der Waals surface area contributed by atoms with E-state index in [4.69, 9.17) is 4.98 Å². The lowest BCUT2D eigenvalue weighted by Crippen LogP contribution is -2.51. The fraction of sp³-hybridized carbons (Fsp3) is 0.571. The highest BCUT2D eigenvalue weighted by Gasteiger charge is 2.32. The summed E-state index contributed by atoms with van der Waals surface area (Å²) in [6, 6.07) is 8.93. The zero-order chi connectivity index (χ0) is 36.0. The molecule has 2 fully saturated rings. The number of nitrogens with zero attached hydrogens (tertiary/aromatic N) is 7. The van der Waals surface area contributed by atoms with Gasteiger partial charge in [0.1, 0.15) is 28.2 Å². The van der Waals surface area contributed by atoms with E-state index in [1.807, 2.05) is 13.0 Å². The molecule has 270 valence electrons. The number of likely N-dealkylation sites (tertiary alicyclic amines) is 1. The standard InChI is InChI=1S/C35H45F3N8O2S2/c1-6-31-41-33(32-24(4)30(18-35(36,37)38)49-34(32)42-31)40-26-9-11-43(12-10-26)21-25-7-8-29-28(23(25)3)17-27(19-39)46(29)20-22(2)44-13-15-45(16-14-44)50(5,47)48/h7-8,17,22,26H,6,9-16,18,20-21H2,1-5H3,(H,40,41,42)/t22-/m0/s1. The summed E-state index contributed by atoms with van der Waals surface area (Å²) in [5.41, 5.74) is 4.62. The molecule has 2 aliphatic heterocycles. The van der Waals surface area contributed by atoms with Crippen molar-refractivity contribution in [3.63, 3.8) is 0 Å². The van der Waals surface area contributed by atoms with E-state index < -0.39 is 22.6 Å². The smallest absolute Gasteiger partial charge is 0.367 e. The third kappa shape index (κ3) is 7.79. The SMILES string of the molecule is CCc1nc(NC2CCN(Cc3ccc4c(cc(C#N)n4C[C@H](C)N4CCN(S(C)(=O)=O)CC4)c3C)CC2)c2c(C)c(CC(F)(F)F)sc2n1. The number of piperidine rings is 1. The molecule has 2 saturated heterocycles. The maximum atomic E-state index is 13.3. The van der Waals surface area contributed by atoms with Crippen LogP contribution in [0.2, 0.25) is 0 Å². The van der Waals surface area contributed by atoms with Gasteiger partial charge in [-0.15, -0.1) is 11.3 Å². The summed E-state index contributed by atoms with van der Waals surface area (Å²) in [6.07, 6.45) is -1.64. The van der Waals surface area contributed by atoms with Gasteiger partial charge in [0.15, 0.2) is 0 Å². The van der Waals surface area contributed by atoms with Gasteiger partial charge in [0.25, 0.3) is 0 Å². The highest BCUT2D eigenvalue weighted by molar-refractivity contribution is 7.88. The number of nitrogens with one attached hydrogen (secondary N) is 1. The predicted molar refractivity (Wildman–Crippen MR) is 192 cm³/mol. The summed E-state index contributed by atoms with van der Waals surface area (Å²) < 4.78 is 67.3. The van der Waals surface area contributed by atoms with Crippen molar-refractivity contribution in [1.29, 1.82) is 5.26 Å². The number of hydrogen-bond acceptors (Lipinski definition) is 9. The number of sulfonamides is 1. The van der Waals surface area contributed by atoms with Crippen LogP contribution >= 0.6 is 11.3 Å². The van der Waals surface area contributed by atoms with Crippen molar-refractivity contribution in [2.45, 2.75) is 84.7 Å². The van der Waals surface area contributed by atoms with Crippen LogP contribution in [0.3, 0.4) is 0 Å². The normalized spacial score (nSPS) is 18.2. The molecular formula is C35H45F3N8O2S2. The minimum absolute atomic E-state index is 0.131. The topological polar surface area (TPSA) is 110 Å². The van der Waals surface area contributed by atoms with Crippen LogP contribution in [0.25, 0.3) is 21.1 Å². The van der Waals surface area contributed by atoms with Gasteiger partial charge in [0, 0.05) is 86.6 Å². The van der Waals surface area contributed by atoms with Crippen molar-refractivity contribution < 1.29 is 21.6 Å². The number of benzene rings is 1. The number of aryl methyl sites for hydroxylation is 3. The lowest BCUT2D eigenvalue weighted by molar-refractivity contribution is -0.126. The van der Waals surface area contributed by atoms with E-state index in [1.54, 1.807) is 6.92 Å². The van der Waals surface area contributed by atoms with Crippen molar-refractivity contribution in [2.75, 3.05) is 50.8 Å². The van der Waals surface area contributed by atoms with Crippen LogP contribution in [0.15, 0.2) is 18.2 Å². The number of nitriles is 1. The van der Waals surface area contributed by atoms with Gasteiger partial charge in [-0.1, -0.05) is 13.0 Å². The molecule has 0 spiro atoms. The molecule has 15 heteroatoms. The molecule has 6 rings (SSSR count). The van der Waals surface area contributed by atoms with E-state index in [0.29, 0.717) is 72.3 Å². The molecule has 0 radical (unpaired) electrons. The molecule has 5 heterocycles. The largest absolute Gasteiger partial charge is 0.393 e. The average molecular weight is 731 g/mol. The molecule has 2 aliphatic rings. The minimum atomic E-state index is -4.28. The van der Waals surface area contributed by atoms with Gasteiger partial charge < -0.3 is 9.88 Å². The first-order chi connectivity index (χ1) is 23.6. The monoisotopic (exact) mass is 730 g/mol. The maximum absolute atomic E-state index is 13.3. The summed E-state index contributed by atoms with van der Waals surface area (Å²) in [6.45, 7) is 13.3. The molecule has 0 aliphatic carbocycles. The zero-order valence-electron chi connectivity index (χ0n) is 29.3. The highest BCUT2D eigenvalue weighted by Crippen LogP contribution is 2.38. The maximum Gasteiger partial charge on any atom is 0.393 e. The van der Waals surface area contributed by atoms with Crippen LogP contribution in [0.1, 0.15) is 59.8 Å². The highest BCUT2D eigenvalue weighted by atomic mass is 32.2. The number of alkyl halides is 3. The number of halogens is 3. The zero-order valence-corrected chi connectivity index (χ0v) is 30.9. The third-order valence-electron chi connectivity index (χ3n) is 10.3. The third-order valence-corrected chi connectivity index (χ3v) is 12.8. The Balaban J connectivity index is 1.11. The van der Waals surface area contributed by atoms with Gasteiger partial charge in [-0.3, -0.25) is 9.80 Å². The summed E-state index contributed by atoms with van der Waals surface area (Å²) in [4.78, 5) is 14.9. The molecule has 0 bridgehead atoms. The molecule has 4 aromatic rings. The summed E-state index contributed by atoms with van der Waals surface area (Å²) in [7, 11) is -3.20. The number of aromatic nitrogens is 3. The fourth-order valence-electron chi connectivity index (χ4n) is 7.35. The van der Waals surface area contributed by atoms with Crippen molar-refractivity contribution in [2.24, 2.45) is 0 Å². The lowest BCUT2D eigenvalue weighted by Gasteiger charge is -2.37. The number of hydrogen-bond donors (Lipinski definition) is 1.